The number of rotatable bonds is 5. The fourth-order valence-electron chi connectivity index (χ4n) is 2.88. The van der Waals surface area contributed by atoms with Crippen LogP contribution in [0.1, 0.15) is 15.9 Å². The van der Waals surface area contributed by atoms with Crippen LogP contribution in [-0.2, 0) is 0 Å². The lowest BCUT2D eigenvalue weighted by molar-refractivity contribution is 0.0620. The first-order valence-corrected chi connectivity index (χ1v) is 8.96. The van der Waals surface area contributed by atoms with Gasteiger partial charge in [-0.1, -0.05) is 29.3 Å². The molecule has 1 aliphatic rings. The minimum Gasteiger partial charge on any atom is -0.492 e. The Kier molecular flexibility index (Phi) is 5.95. The van der Waals surface area contributed by atoms with E-state index in [0.717, 1.165) is 44.0 Å². The highest BCUT2D eigenvalue weighted by atomic mass is 35.5. The molecule has 0 aromatic heterocycles. The average Bonchev–Trinajstić information content (AvgIpc) is 2.64. The number of carbonyl (C=O) groups is 1. The molecule has 1 saturated heterocycles. The van der Waals surface area contributed by atoms with Crippen LogP contribution >= 0.6 is 11.6 Å². The van der Waals surface area contributed by atoms with Crippen LogP contribution in [0.15, 0.2) is 48.5 Å². The third kappa shape index (κ3) is 4.97. The molecule has 0 N–H and O–H groups in total. The van der Waals surface area contributed by atoms with Gasteiger partial charge >= 0.3 is 0 Å². The van der Waals surface area contributed by atoms with Gasteiger partial charge in [0.1, 0.15) is 12.4 Å². The van der Waals surface area contributed by atoms with E-state index < -0.39 is 0 Å². The van der Waals surface area contributed by atoms with Crippen LogP contribution in [0.5, 0.6) is 5.75 Å². The molecule has 0 unspecified atom stereocenters. The second-order valence-electron chi connectivity index (χ2n) is 6.30. The van der Waals surface area contributed by atoms with Crippen molar-refractivity contribution in [1.82, 2.24) is 9.80 Å². The fourth-order valence-corrected chi connectivity index (χ4v) is 3.00. The molecule has 1 fully saturated rings. The van der Waals surface area contributed by atoms with Gasteiger partial charge in [-0.15, -0.1) is 0 Å². The van der Waals surface area contributed by atoms with E-state index in [1.165, 1.54) is 5.56 Å². The Morgan fingerprint density at radius 1 is 1.00 bits per heavy atom. The normalized spacial score (nSPS) is 15.2. The van der Waals surface area contributed by atoms with Crippen LogP contribution in [0, 0.1) is 6.92 Å². The molecule has 25 heavy (non-hydrogen) atoms. The van der Waals surface area contributed by atoms with Gasteiger partial charge in [0.2, 0.25) is 0 Å². The predicted molar refractivity (Wildman–Crippen MR) is 100 cm³/mol. The van der Waals surface area contributed by atoms with Crippen molar-refractivity contribution in [3.63, 3.8) is 0 Å². The Hall–Kier alpha value is -2.04. The van der Waals surface area contributed by atoms with Crippen molar-refractivity contribution < 1.29 is 9.53 Å². The minimum atomic E-state index is 0.122. The summed E-state index contributed by atoms with van der Waals surface area (Å²) in [5.74, 6) is 0.953. The van der Waals surface area contributed by atoms with Gasteiger partial charge in [0.15, 0.2) is 0 Å². The Morgan fingerprint density at radius 3 is 2.28 bits per heavy atom. The minimum absolute atomic E-state index is 0.122. The van der Waals surface area contributed by atoms with Gasteiger partial charge < -0.3 is 9.64 Å². The maximum absolute atomic E-state index is 12.5. The number of aryl methyl sites for hydroxylation is 1. The molecule has 0 atom stereocenters. The van der Waals surface area contributed by atoms with Crippen molar-refractivity contribution in [2.24, 2.45) is 0 Å². The van der Waals surface area contributed by atoms with Crippen LogP contribution in [0.2, 0.25) is 5.02 Å². The molecule has 2 aromatic rings. The van der Waals surface area contributed by atoms with Crippen molar-refractivity contribution in [2.45, 2.75) is 6.92 Å². The van der Waals surface area contributed by atoms with Gasteiger partial charge in [0, 0.05) is 43.3 Å². The van der Waals surface area contributed by atoms with Gasteiger partial charge in [-0.25, -0.2) is 0 Å². The predicted octanol–water partition coefficient (Wildman–Crippen LogP) is 3.49. The third-order valence-electron chi connectivity index (χ3n) is 4.45. The Labute approximate surface area is 154 Å². The zero-order valence-electron chi connectivity index (χ0n) is 14.5. The summed E-state index contributed by atoms with van der Waals surface area (Å²) in [6.45, 7) is 6.78. The first-order valence-electron chi connectivity index (χ1n) is 8.58. The van der Waals surface area contributed by atoms with Gasteiger partial charge in [0.05, 0.1) is 0 Å². The summed E-state index contributed by atoms with van der Waals surface area (Å²) in [7, 11) is 0. The number of hydrogen-bond donors (Lipinski definition) is 0. The maximum atomic E-state index is 12.5. The number of ether oxygens (including phenoxy) is 1. The second-order valence-corrected chi connectivity index (χ2v) is 6.74. The van der Waals surface area contributed by atoms with E-state index in [0.29, 0.717) is 11.6 Å². The largest absolute Gasteiger partial charge is 0.492 e. The van der Waals surface area contributed by atoms with E-state index in [-0.39, 0.29) is 5.91 Å². The molecule has 2 aromatic carbocycles. The molecule has 1 heterocycles. The molecule has 0 aliphatic carbocycles. The van der Waals surface area contributed by atoms with E-state index in [4.69, 9.17) is 16.3 Å². The van der Waals surface area contributed by atoms with Crippen LogP contribution in [0.25, 0.3) is 0 Å². The number of hydrogen-bond acceptors (Lipinski definition) is 3. The fraction of sp³-hybridized carbons (Fsp3) is 0.350. The Morgan fingerprint density at radius 2 is 1.64 bits per heavy atom. The van der Waals surface area contributed by atoms with Crippen LogP contribution in [-0.4, -0.2) is 55.0 Å². The molecule has 3 rings (SSSR count). The van der Waals surface area contributed by atoms with Crippen molar-refractivity contribution in [3.8, 4) is 5.75 Å². The van der Waals surface area contributed by atoms with Crippen LogP contribution < -0.4 is 4.74 Å². The summed E-state index contributed by atoms with van der Waals surface area (Å²) in [5, 5.41) is 0.710. The van der Waals surface area contributed by atoms with Crippen LogP contribution in [0.4, 0.5) is 0 Å². The van der Waals surface area contributed by atoms with Crippen molar-refractivity contribution in [3.05, 3.63) is 64.7 Å². The third-order valence-corrected chi connectivity index (χ3v) is 4.70. The van der Waals surface area contributed by atoms with E-state index >= 15 is 0 Å². The number of amides is 1. The molecule has 132 valence electrons. The molecule has 1 aliphatic heterocycles. The van der Waals surface area contributed by atoms with Gasteiger partial charge in [-0.05, 0) is 43.3 Å². The number of carbonyl (C=O) groups excluding carboxylic acids is 1. The number of nitrogens with zero attached hydrogens (tertiary/aromatic N) is 2. The Bertz CT molecular complexity index is 693. The highest BCUT2D eigenvalue weighted by Crippen LogP contribution is 2.15. The monoisotopic (exact) mass is 358 g/mol. The van der Waals surface area contributed by atoms with E-state index in [1.54, 1.807) is 0 Å². The summed E-state index contributed by atoms with van der Waals surface area (Å²) in [5.41, 5.74) is 1.94. The van der Waals surface area contributed by atoms with Gasteiger partial charge in [0.25, 0.3) is 5.91 Å². The molecule has 0 spiro atoms. The van der Waals surface area contributed by atoms with E-state index in [9.17, 15) is 4.79 Å². The zero-order chi connectivity index (χ0) is 17.6. The summed E-state index contributed by atoms with van der Waals surface area (Å²) in [4.78, 5) is 16.8. The summed E-state index contributed by atoms with van der Waals surface area (Å²) in [6, 6.07) is 15.2. The van der Waals surface area contributed by atoms with Gasteiger partial charge in [-0.2, -0.15) is 0 Å². The second kappa shape index (κ2) is 8.37. The van der Waals surface area contributed by atoms with Crippen molar-refractivity contribution >= 4 is 17.5 Å². The van der Waals surface area contributed by atoms with Crippen LogP contribution in [0.3, 0.4) is 0 Å². The summed E-state index contributed by atoms with van der Waals surface area (Å²) < 4.78 is 5.74. The van der Waals surface area contributed by atoms with Crippen molar-refractivity contribution in [1.29, 1.82) is 0 Å². The molecular weight excluding hydrogens is 336 g/mol. The molecule has 0 radical (unpaired) electrons. The first-order chi connectivity index (χ1) is 12.1. The average molecular weight is 359 g/mol. The molecule has 0 bridgehead atoms. The Balaban J connectivity index is 1.41. The lowest BCUT2D eigenvalue weighted by Crippen LogP contribution is -2.49. The lowest BCUT2D eigenvalue weighted by atomic mass is 10.1. The smallest absolute Gasteiger partial charge is 0.253 e. The molecule has 0 saturated carbocycles. The SMILES string of the molecule is Cc1ccc(C(=O)N2CCN(CCOc3ccc(Cl)cc3)CC2)cc1. The number of halogens is 1. The van der Waals surface area contributed by atoms with Crippen molar-refractivity contribution in [2.75, 3.05) is 39.3 Å². The quantitative estimate of drug-likeness (QED) is 0.820. The van der Waals surface area contributed by atoms with E-state index in [2.05, 4.69) is 4.90 Å². The maximum Gasteiger partial charge on any atom is 0.253 e. The highest BCUT2D eigenvalue weighted by Gasteiger charge is 2.21. The zero-order valence-corrected chi connectivity index (χ0v) is 15.2. The molecular formula is C20H23ClN2O2. The topological polar surface area (TPSA) is 32.8 Å². The number of piperazine rings is 1. The molecule has 5 heteroatoms. The summed E-state index contributed by atoms with van der Waals surface area (Å²) in [6.07, 6.45) is 0. The first kappa shape index (κ1) is 17.8. The van der Waals surface area contributed by atoms with Gasteiger partial charge in [-0.3, -0.25) is 9.69 Å². The molecule has 4 nitrogen and oxygen atoms in total. The molecule has 1 amide bonds. The van der Waals surface area contributed by atoms with E-state index in [1.807, 2.05) is 60.4 Å². The highest BCUT2D eigenvalue weighted by molar-refractivity contribution is 6.30. The summed E-state index contributed by atoms with van der Waals surface area (Å²) >= 11 is 5.86. The number of benzene rings is 2. The lowest BCUT2D eigenvalue weighted by Gasteiger charge is -2.34. The standard InChI is InChI=1S/C20H23ClN2O2/c1-16-2-4-17(5-3-16)20(24)23-12-10-22(11-13-23)14-15-25-19-8-6-18(21)7-9-19/h2-9H,10-15H2,1H3.